The Hall–Kier alpha value is -1.92. The van der Waals surface area contributed by atoms with Crippen LogP contribution in [0.3, 0.4) is 0 Å². The van der Waals surface area contributed by atoms with Crippen molar-refractivity contribution in [3.8, 4) is 5.69 Å². The van der Waals surface area contributed by atoms with Crippen LogP contribution in [-0.2, 0) is 22.7 Å². The normalized spacial score (nSPS) is 16.2. The summed E-state index contributed by atoms with van der Waals surface area (Å²) in [5, 5.41) is 9.74. The maximum absolute atomic E-state index is 6.42. The van der Waals surface area contributed by atoms with E-state index in [1.807, 2.05) is 47.0 Å². The van der Waals surface area contributed by atoms with Gasteiger partial charge in [0.1, 0.15) is 19.3 Å². The molecule has 0 saturated heterocycles. The van der Waals surface area contributed by atoms with Gasteiger partial charge >= 0.3 is 0 Å². The van der Waals surface area contributed by atoms with E-state index in [1.54, 1.807) is 7.11 Å². The standard InChI is InChI=1S/C18H15Cl2N3O2/c1-24-9-16-21-22-17-10-25-18(12-4-2-3-5-14(12)20)13-8-11(19)6-7-15(13)23(16)17/h2-8,18H,9-10H2,1H3. The van der Waals surface area contributed by atoms with Crippen LogP contribution in [0.4, 0.5) is 0 Å². The smallest absolute Gasteiger partial charge is 0.163 e. The number of aromatic nitrogens is 3. The highest BCUT2D eigenvalue weighted by Crippen LogP contribution is 2.39. The van der Waals surface area contributed by atoms with E-state index >= 15 is 0 Å². The Balaban J connectivity index is 1.93. The van der Waals surface area contributed by atoms with Gasteiger partial charge in [0.2, 0.25) is 0 Å². The molecule has 2 aromatic carbocycles. The van der Waals surface area contributed by atoms with Crippen LogP contribution < -0.4 is 0 Å². The van der Waals surface area contributed by atoms with Crippen molar-refractivity contribution in [2.24, 2.45) is 0 Å². The lowest BCUT2D eigenvalue weighted by molar-refractivity contribution is 0.0655. The second kappa shape index (κ2) is 6.77. The van der Waals surface area contributed by atoms with E-state index in [-0.39, 0.29) is 6.10 Å². The van der Waals surface area contributed by atoms with Gasteiger partial charge in [-0.05, 0) is 24.3 Å². The molecule has 4 rings (SSSR count). The van der Waals surface area contributed by atoms with Gasteiger partial charge in [-0.25, -0.2) is 0 Å². The van der Waals surface area contributed by atoms with Crippen LogP contribution in [0.5, 0.6) is 0 Å². The number of benzene rings is 2. The van der Waals surface area contributed by atoms with Crippen molar-refractivity contribution in [3.05, 3.63) is 75.3 Å². The predicted octanol–water partition coefficient (Wildman–Crippen LogP) is 4.34. The quantitative estimate of drug-likeness (QED) is 0.682. The molecule has 1 aromatic heterocycles. The molecule has 3 aromatic rings. The molecule has 0 saturated carbocycles. The van der Waals surface area contributed by atoms with Gasteiger partial charge in [0.25, 0.3) is 0 Å². The van der Waals surface area contributed by atoms with Crippen molar-refractivity contribution in [2.75, 3.05) is 7.11 Å². The van der Waals surface area contributed by atoms with Crippen LogP contribution in [0.2, 0.25) is 10.0 Å². The maximum Gasteiger partial charge on any atom is 0.163 e. The fourth-order valence-electron chi connectivity index (χ4n) is 3.08. The van der Waals surface area contributed by atoms with Gasteiger partial charge in [0.05, 0.1) is 5.69 Å². The number of fused-ring (bicyclic) bond motifs is 3. The third-order valence-electron chi connectivity index (χ3n) is 4.15. The van der Waals surface area contributed by atoms with Gasteiger partial charge < -0.3 is 9.47 Å². The van der Waals surface area contributed by atoms with Gasteiger partial charge in [-0.1, -0.05) is 41.4 Å². The lowest BCUT2D eigenvalue weighted by atomic mass is 9.99. The Labute approximate surface area is 155 Å². The average Bonchev–Trinajstić information content (AvgIpc) is 2.92. The van der Waals surface area contributed by atoms with Crippen molar-refractivity contribution in [1.29, 1.82) is 0 Å². The number of hydrogen-bond donors (Lipinski definition) is 0. The van der Waals surface area contributed by atoms with Gasteiger partial charge in [-0.15, -0.1) is 10.2 Å². The van der Waals surface area contributed by atoms with Gasteiger partial charge in [0.15, 0.2) is 11.6 Å². The molecule has 0 radical (unpaired) electrons. The molecule has 1 atom stereocenters. The third-order valence-corrected chi connectivity index (χ3v) is 4.73. The summed E-state index contributed by atoms with van der Waals surface area (Å²) in [6, 6.07) is 13.3. The minimum absolute atomic E-state index is 0.304. The van der Waals surface area contributed by atoms with Crippen LogP contribution in [0, 0.1) is 0 Å². The van der Waals surface area contributed by atoms with Gasteiger partial charge in [-0.2, -0.15) is 0 Å². The lowest BCUT2D eigenvalue weighted by Crippen LogP contribution is -2.08. The van der Waals surface area contributed by atoms with Crippen LogP contribution in [0.15, 0.2) is 42.5 Å². The molecule has 0 amide bonds. The van der Waals surface area contributed by atoms with Gasteiger partial charge in [0, 0.05) is 28.3 Å². The van der Waals surface area contributed by atoms with Crippen molar-refractivity contribution < 1.29 is 9.47 Å². The summed E-state index contributed by atoms with van der Waals surface area (Å²) in [4.78, 5) is 0. The Kier molecular flexibility index (Phi) is 4.48. The highest BCUT2D eigenvalue weighted by Gasteiger charge is 2.28. The van der Waals surface area contributed by atoms with E-state index in [0.29, 0.717) is 34.9 Å². The third kappa shape index (κ3) is 2.93. The number of hydrogen-bond acceptors (Lipinski definition) is 4. The Morgan fingerprint density at radius 2 is 2.00 bits per heavy atom. The van der Waals surface area contributed by atoms with Gasteiger partial charge in [-0.3, -0.25) is 4.57 Å². The fourth-order valence-corrected chi connectivity index (χ4v) is 3.49. The zero-order chi connectivity index (χ0) is 17.4. The molecular formula is C18H15Cl2N3O2. The summed E-state index contributed by atoms with van der Waals surface area (Å²) in [7, 11) is 1.63. The lowest BCUT2D eigenvalue weighted by Gasteiger charge is -2.20. The molecule has 128 valence electrons. The molecule has 1 aliphatic rings. The number of ether oxygens (including phenoxy) is 2. The first-order valence-electron chi connectivity index (χ1n) is 7.77. The summed E-state index contributed by atoms with van der Waals surface area (Å²) in [5.74, 6) is 1.43. The first kappa shape index (κ1) is 16.5. The summed E-state index contributed by atoms with van der Waals surface area (Å²) >= 11 is 12.7. The molecule has 1 aliphatic heterocycles. The van der Waals surface area contributed by atoms with Crippen LogP contribution in [-0.4, -0.2) is 21.9 Å². The zero-order valence-electron chi connectivity index (χ0n) is 13.4. The van der Waals surface area contributed by atoms with Crippen molar-refractivity contribution in [2.45, 2.75) is 19.3 Å². The van der Waals surface area contributed by atoms with E-state index in [1.165, 1.54) is 0 Å². The summed E-state index contributed by atoms with van der Waals surface area (Å²) in [6.07, 6.45) is -0.348. The zero-order valence-corrected chi connectivity index (χ0v) is 15.0. The van der Waals surface area contributed by atoms with E-state index < -0.39 is 0 Å². The predicted molar refractivity (Wildman–Crippen MR) is 95.2 cm³/mol. The van der Waals surface area contributed by atoms with Crippen LogP contribution >= 0.6 is 23.2 Å². The number of methoxy groups -OCH3 is 1. The maximum atomic E-state index is 6.42. The van der Waals surface area contributed by atoms with Crippen LogP contribution in [0.1, 0.15) is 28.9 Å². The van der Waals surface area contributed by atoms with Crippen LogP contribution in [0.25, 0.3) is 5.69 Å². The molecule has 25 heavy (non-hydrogen) atoms. The molecule has 0 aliphatic carbocycles. The number of rotatable bonds is 3. The van der Waals surface area contributed by atoms with Crippen molar-refractivity contribution in [3.63, 3.8) is 0 Å². The number of halogens is 2. The van der Waals surface area contributed by atoms with E-state index in [9.17, 15) is 0 Å². The molecule has 5 nitrogen and oxygen atoms in total. The van der Waals surface area contributed by atoms with E-state index in [4.69, 9.17) is 32.7 Å². The highest BCUT2D eigenvalue weighted by molar-refractivity contribution is 6.31. The molecule has 7 heteroatoms. The van der Waals surface area contributed by atoms with E-state index in [2.05, 4.69) is 10.2 Å². The minimum atomic E-state index is -0.348. The Bertz CT molecular complexity index is 926. The topological polar surface area (TPSA) is 49.2 Å². The second-order valence-corrected chi connectivity index (χ2v) is 6.56. The largest absolute Gasteiger partial charge is 0.377 e. The summed E-state index contributed by atoms with van der Waals surface area (Å²) in [6.45, 7) is 0.657. The van der Waals surface area contributed by atoms with Crippen molar-refractivity contribution in [1.82, 2.24) is 14.8 Å². The summed E-state index contributed by atoms with van der Waals surface area (Å²) < 4.78 is 13.4. The Morgan fingerprint density at radius 1 is 1.16 bits per heavy atom. The molecule has 1 unspecified atom stereocenters. The summed E-state index contributed by atoms with van der Waals surface area (Å²) in [5.41, 5.74) is 2.72. The number of nitrogens with zero attached hydrogens (tertiary/aromatic N) is 3. The molecule has 0 spiro atoms. The monoisotopic (exact) mass is 375 g/mol. The molecule has 0 fully saturated rings. The van der Waals surface area contributed by atoms with Crippen molar-refractivity contribution >= 4 is 23.2 Å². The molecule has 0 N–H and O–H groups in total. The second-order valence-electron chi connectivity index (χ2n) is 5.72. The Morgan fingerprint density at radius 3 is 2.80 bits per heavy atom. The fraction of sp³-hybridized carbons (Fsp3) is 0.222. The van der Waals surface area contributed by atoms with E-state index in [0.717, 1.165) is 16.8 Å². The first-order valence-corrected chi connectivity index (χ1v) is 8.52. The molecular weight excluding hydrogens is 361 g/mol. The highest BCUT2D eigenvalue weighted by atomic mass is 35.5. The minimum Gasteiger partial charge on any atom is -0.377 e. The first-order chi connectivity index (χ1) is 12.2. The molecule has 0 bridgehead atoms. The SMILES string of the molecule is COCc1nnc2n1-c1ccc(Cl)cc1C(c1ccccc1Cl)OC2. The molecule has 2 heterocycles. The average molecular weight is 376 g/mol.